The van der Waals surface area contributed by atoms with Gasteiger partial charge in [0.15, 0.2) is 0 Å². The Morgan fingerprint density at radius 2 is 1.85 bits per heavy atom. The average Bonchev–Trinajstić information content (AvgIpc) is 3.11. The monoisotopic (exact) mass is 457 g/mol. The lowest BCUT2D eigenvalue weighted by Crippen LogP contribution is -2.50. The summed E-state index contributed by atoms with van der Waals surface area (Å²) in [6.45, 7) is 7.87. The Morgan fingerprint density at radius 3 is 2.68 bits per heavy atom. The highest BCUT2D eigenvalue weighted by molar-refractivity contribution is 5.83. The molecule has 0 saturated carbocycles. The van der Waals surface area contributed by atoms with Gasteiger partial charge in [0.05, 0.1) is 13.2 Å². The Labute approximate surface area is 202 Å². The number of carbonyl (C=O) groups excluding carboxylic acids is 1. The second-order valence-corrected chi connectivity index (χ2v) is 10.3. The number of pyridine rings is 1. The van der Waals surface area contributed by atoms with Gasteiger partial charge in [-0.25, -0.2) is 0 Å². The summed E-state index contributed by atoms with van der Waals surface area (Å²) >= 11 is 0. The second-order valence-electron chi connectivity index (χ2n) is 10.3. The van der Waals surface area contributed by atoms with E-state index in [1.165, 1.54) is 16.5 Å². The zero-order valence-corrected chi connectivity index (χ0v) is 20.2. The number of likely N-dealkylation sites (tertiary alicyclic amines) is 1. The summed E-state index contributed by atoms with van der Waals surface area (Å²) in [5.74, 6) is 0.618. The number of ether oxygens (including phenoxy) is 1. The minimum absolute atomic E-state index is 0.281. The van der Waals surface area contributed by atoms with E-state index in [0.29, 0.717) is 31.6 Å². The van der Waals surface area contributed by atoms with Gasteiger partial charge in [-0.15, -0.1) is 0 Å². The van der Waals surface area contributed by atoms with Crippen molar-refractivity contribution >= 4 is 16.7 Å². The third-order valence-corrected chi connectivity index (χ3v) is 7.58. The Kier molecular flexibility index (Phi) is 6.93. The lowest BCUT2D eigenvalue weighted by atomic mass is 9.78. The molecule has 0 aliphatic carbocycles. The molecule has 1 amide bonds. The molecule has 3 aromatic rings. The van der Waals surface area contributed by atoms with Gasteiger partial charge in [0.2, 0.25) is 5.91 Å². The van der Waals surface area contributed by atoms with Crippen molar-refractivity contribution in [3.8, 4) is 0 Å². The fourth-order valence-electron chi connectivity index (χ4n) is 5.42. The molecule has 2 aliphatic rings. The van der Waals surface area contributed by atoms with E-state index >= 15 is 0 Å². The van der Waals surface area contributed by atoms with Crippen molar-refractivity contribution in [2.24, 2.45) is 11.3 Å². The molecular weight excluding hydrogens is 422 g/mol. The molecule has 3 heterocycles. The fourth-order valence-corrected chi connectivity index (χ4v) is 5.42. The van der Waals surface area contributed by atoms with Crippen LogP contribution in [0, 0.1) is 11.3 Å². The van der Waals surface area contributed by atoms with Crippen molar-refractivity contribution in [3.05, 3.63) is 78.1 Å². The lowest BCUT2D eigenvalue weighted by molar-refractivity contribution is -0.144. The molecule has 5 heteroatoms. The number of hydrogen-bond acceptors (Lipinski definition) is 4. The molecule has 34 heavy (non-hydrogen) atoms. The molecule has 0 N–H and O–H groups in total. The van der Waals surface area contributed by atoms with Crippen molar-refractivity contribution in [2.75, 3.05) is 39.4 Å². The topological polar surface area (TPSA) is 45.7 Å². The van der Waals surface area contributed by atoms with E-state index in [0.717, 1.165) is 50.8 Å². The van der Waals surface area contributed by atoms with Gasteiger partial charge in [-0.1, -0.05) is 49.4 Å². The summed E-state index contributed by atoms with van der Waals surface area (Å²) in [4.78, 5) is 22.5. The van der Waals surface area contributed by atoms with Gasteiger partial charge in [0, 0.05) is 48.7 Å². The molecule has 5 rings (SSSR count). The van der Waals surface area contributed by atoms with E-state index in [2.05, 4.69) is 70.2 Å². The molecule has 2 saturated heterocycles. The van der Waals surface area contributed by atoms with Crippen LogP contribution in [-0.2, 0) is 22.5 Å². The van der Waals surface area contributed by atoms with Gasteiger partial charge < -0.3 is 9.64 Å². The molecule has 0 unspecified atom stereocenters. The first-order valence-corrected chi connectivity index (χ1v) is 12.6. The molecule has 0 radical (unpaired) electrons. The standard InChI is InChI=1S/C29H35N3O2/c1-29(10-13-31(14-11-29)20-23-5-3-2-4-6-23)28(33)32-15-16-34-22-25(21-32)17-24-7-8-26-9-12-30-19-27(26)18-24/h2-9,12,18-19,25H,10-11,13-17,20-22H2,1H3/t25-/m1/s1. The molecule has 1 atom stereocenters. The Balaban J connectivity index is 1.20. The number of carbonyl (C=O) groups is 1. The van der Waals surface area contributed by atoms with E-state index in [-0.39, 0.29) is 5.41 Å². The maximum Gasteiger partial charge on any atom is 0.228 e. The molecule has 0 bridgehead atoms. The SMILES string of the molecule is CC1(C(=O)N2CCOC[C@H](Cc3ccc4ccncc4c3)C2)CCN(Cc2ccccc2)CC1. The highest BCUT2D eigenvalue weighted by Gasteiger charge is 2.40. The summed E-state index contributed by atoms with van der Waals surface area (Å²) in [5, 5.41) is 2.37. The molecule has 1 aromatic heterocycles. The molecule has 178 valence electrons. The molecule has 2 aliphatic heterocycles. The number of nitrogens with zero attached hydrogens (tertiary/aromatic N) is 3. The Hall–Kier alpha value is -2.76. The number of hydrogen-bond donors (Lipinski definition) is 0. The minimum atomic E-state index is -0.281. The first-order chi connectivity index (χ1) is 16.6. The van der Waals surface area contributed by atoms with Crippen LogP contribution in [0.25, 0.3) is 10.8 Å². The normalized spacial score (nSPS) is 21.3. The van der Waals surface area contributed by atoms with Crippen LogP contribution in [0.5, 0.6) is 0 Å². The highest BCUT2D eigenvalue weighted by atomic mass is 16.5. The highest BCUT2D eigenvalue weighted by Crippen LogP contribution is 2.34. The quantitative estimate of drug-likeness (QED) is 0.564. The van der Waals surface area contributed by atoms with Gasteiger partial charge in [0.1, 0.15) is 0 Å². The minimum Gasteiger partial charge on any atom is -0.379 e. The molecule has 2 aromatic carbocycles. The number of aromatic nitrogens is 1. The van der Waals surface area contributed by atoms with Crippen LogP contribution in [0.1, 0.15) is 30.9 Å². The van der Waals surface area contributed by atoms with E-state index in [1.807, 2.05) is 18.5 Å². The van der Waals surface area contributed by atoms with Crippen LogP contribution in [0.2, 0.25) is 0 Å². The van der Waals surface area contributed by atoms with Gasteiger partial charge >= 0.3 is 0 Å². The maximum absolute atomic E-state index is 13.7. The smallest absolute Gasteiger partial charge is 0.228 e. The third kappa shape index (κ3) is 5.31. The van der Waals surface area contributed by atoms with Crippen LogP contribution in [-0.4, -0.2) is 60.1 Å². The van der Waals surface area contributed by atoms with Crippen LogP contribution in [0.4, 0.5) is 0 Å². The van der Waals surface area contributed by atoms with Crippen LogP contribution >= 0.6 is 0 Å². The predicted molar refractivity (Wildman–Crippen MR) is 135 cm³/mol. The van der Waals surface area contributed by atoms with Gasteiger partial charge in [-0.3, -0.25) is 14.7 Å². The summed E-state index contributed by atoms with van der Waals surface area (Å²) in [6, 6.07) is 19.2. The number of benzene rings is 2. The molecular formula is C29H35N3O2. The zero-order valence-electron chi connectivity index (χ0n) is 20.2. The van der Waals surface area contributed by atoms with Gasteiger partial charge in [-0.2, -0.15) is 0 Å². The number of piperidine rings is 1. The van der Waals surface area contributed by atoms with Crippen molar-refractivity contribution in [1.82, 2.24) is 14.8 Å². The molecule has 5 nitrogen and oxygen atoms in total. The van der Waals surface area contributed by atoms with Crippen molar-refractivity contribution in [3.63, 3.8) is 0 Å². The summed E-state index contributed by atoms with van der Waals surface area (Å²) in [6.07, 6.45) is 6.49. The van der Waals surface area contributed by atoms with Gasteiger partial charge in [-0.05, 0) is 61.0 Å². The van der Waals surface area contributed by atoms with Crippen molar-refractivity contribution < 1.29 is 9.53 Å². The number of rotatable bonds is 5. The fraction of sp³-hybridized carbons (Fsp3) is 0.448. The van der Waals surface area contributed by atoms with Crippen molar-refractivity contribution in [1.29, 1.82) is 0 Å². The first-order valence-electron chi connectivity index (χ1n) is 12.6. The van der Waals surface area contributed by atoms with E-state index < -0.39 is 0 Å². The third-order valence-electron chi connectivity index (χ3n) is 7.58. The Morgan fingerprint density at radius 1 is 1.03 bits per heavy atom. The summed E-state index contributed by atoms with van der Waals surface area (Å²) in [7, 11) is 0. The largest absolute Gasteiger partial charge is 0.379 e. The van der Waals surface area contributed by atoms with Crippen LogP contribution < -0.4 is 0 Å². The van der Waals surface area contributed by atoms with Crippen LogP contribution in [0.15, 0.2) is 67.0 Å². The Bertz CT molecular complexity index is 1110. The van der Waals surface area contributed by atoms with Crippen LogP contribution in [0.3, 0.4) is 0 Å². The average molecular weight is 458 g/mol. The summed E-state index contributed by atoms with van der Waals surface area (Å²) < 4.78 is 5.94. The van der Waals surface area contributed by atoms with Gasteiger partial charge in [0.25, 0.3) is 0 Å². The maximum atomic E-state index is 13.7. The zero-order chi connectivity index (χ0) is 23.4. The van der Waals surface area contributed by atoms with E-state index in [4.69, 9.17) is 4.74 Å². The number of fused-ring (bicyclic) bond motifs is 1. The summed E-state index contributed by atoms with van der Waals surface area (Å²) in [5.41, 5.74) is 2.34. The number of amides is 1. The second kappa shape index (κ2) is 10.2. The van der Waals surface area contributed by atoms with E-state index in [1.54, 1.807) is 0 Å². The van der Waals surface area contributed by atoms with E-state index in [9.17, 15) is 4.79 Å². The predicted octanol–water partition coefficient (Wildman–Crippen LogP) is 4.55. The molecule has 2 fully saturated rings. The lowest BCUT2D eigenvalue weighted by Gasteiger charge is -2.41. The van der Waals surface area contributed by atoms with Crippen molar-refractivity contribution in [2.45, 2.75) is 32.7 Å². The molecule has 0 spiro atoms. The first kappa shape index (κ1) is 23.0.